The molecular weight excluding hydrogens is 188 g/mol. The fourth-order valence-corrected chi connectivity index (χ4v) is 1.06. The molecule has 0 aromatic carbocycles. The molecule has 80 valence electrons. The first-order valence-electron chi connectivity index (χ1n) is 4.96. The van der Waals surface area contributed by atoms with Gasteiger partial charge in [-0.3, -0.25) is 4.98 Å². The molecule has 0 spiro atoms. The summed E-state index contributed by atoms with van der Waals surface area (Å²) in [6.07, 6.45) is 5.31. The van der Waals surface area contributed by atoms with E-state index in [2.05, 4.69) is 16.6 Å². The van der Waals surface area contributed by atoms with Crippen molar-refractivity contribution in [3.05, 3.63) is 42.7 Å². The largest absolute Gasteiger partial charge is 0.475 e. The van der Waals surface area contributed by atoms with E-state index in [1.807, 2.05) is 26.0 Å². The summed E-state index contributed by atoms with van der Waals surface area (Å²) in [5.74, 6) is 0.623. The van der Waals surface area contributed by atoms with E-state index in [1.165, 1.54) is 0 Å². The van der Waals surface area contributed by atoms with Gasteiger partial charge in [0.2, 0.25) is 5.90 Å². The lowest BCUT2D eigenvalue weighted by Crippen LogP contribution is -2.13. The van der Waals surface area contributed by atoms with Gasteiger partial charge >= 0.3 is 0 Å². The number of ether oxygens (including phenoxy) is 1. The third-order valence-electron chi connectivity index (χ3n) is 1.62. The summed E-state index contributed by atoms with van der Waals surface area (Å²) in [5, 5.41) is 0. The Morgan fingerprint density at radius 2 is 2.47 bits per heavy atom. The third-order valence-corrected chi connectivity index (χ3v) is 1.62. The Bertz CT molecular complexity index is 331. The number of hydrogen-bond acceptors (Lipinski definition) is 3. The van der Waals surface area contributed by atoms with E-state index in [-0.39, 0.29) is 6.10 Å². The molecule has 0 fully saturated rings. The molecule has 0 radical (unpaired) electrons. The van der Waals surface area contributed by atoms with Gasteiger partial charge in [-0.05, 0) is 26.0 Å². The van der Waals surface area contributed by atoms with Crippen molar-refractivity contribution >= 4 is 5.90 Å². The lowest BCUT2D eigenvalue weighted by Gasteiger charge is -2.11. The van der Waals surface area contributed by atoms with Crippen LogP contribution in [0.3, 0.4) is 0 Å². The van der Waals surface area contributed by atoms with Gasteiger partial charge in [-0.25, -0.2) is 4.99 Å². The fourth-order valence-electron chi connectivity index (χ4n) is 1.06. The molecule has 0 bridgehead atoms. The highest BCUT2D eigenvalue weighted by atomic mass is 16.5. The lowest BCUT2D eigenvalue weighted by molar-refractivity contribution is 0.229. The molecule has 0 unspecified atom stereocenters. The zero-order valence-electron chi connectivity index (χ0n) is 9.18. The summed E-state index contributed by atoms with van der Waals surface area (Å²) < 4.78 is 5.60. The molecule has 0 aliphatic rings. The fraction of sp³-hybridized carbons (Fsp3) is 0.333. The van der Waals surface area contributed by atoms with Gasteiger partial charge in [0.15, 0.2) is 0 Å². The van der Waals surface area contributed by atoms with Crippen molar-refractivity contribution in [2.24, 2.45) is 4.99 Å². The van der Waals surface area contributed by atoms with E-state index in [0.717, 1.165) is 5.56 Å². The smallest absolute Gasteiger partial charge is 0.218 e. The van der Waals surface area contributed by atoms with Crippen LogP contribution in [0.2, 0.25) is 0 Å². The van der Waals surface area contributed by atoms with Crippen molar-refractivity contribution in [1.29, 1.82) is 0 Å². The summed E-state index contributed by atoms with van der Waals surface area (Å²) in [5.41, 5.74) is 0.896. The van der Waals surface area contributed by atoms with Crippen LogP contribution in [0.15, 0.2) is 42.2 Å². The quantitative estimate of drug-likeness (QED) is 0.429. The number of hydrogen-bond donors (Lipinski definition) is 0. The number of nitrogens with zero attached hydrogens (tertiary/aromatic N) is 2. The Morgan fingerprint density at radius 3 is 3.00 bits per heavy atom. The van der Waals surface area contributed by atoms with E-state index in [4.69, 9.17) is 4.74 Å². The van der Waals surface area contributed by atoms with Crippen molar-refractivity contribution in [3.63, 3.8) is 0 Å². The number of rotatable bonds is 4. The summed E-state index contributed by atoms with van der Waals surface area (Å²) in [6, 6.07) is 3.79. The van der Waals surface area contributed by atoms with Crippen LogP contribution >= 0.6 is 0 Å². The Labute approximate surface area is 90.5 Å². The second kappa shape index (κ2) is 5.96. The Morgan fingerprint density at radius 1 is 1.67 bits per heavy atom. The number of aliphatic imine (C=N–C) groups is 1. The maximum absolute atomic E-state index is 5.60. The monoisotopic (exact) mass is 204 g/mol. The molecule has 1 rings (SSSR count). The van der Waals surface area contributed by atoms with Crippen LogP contribution in [0.25, 0.3) is 0 Å². The standard InChI is InChI=1S/C12H16N2O/c1-4-7-14-12(15-10(2)3)11-6-5-8-13-9-11/h4-6,8-10H,1,7H2,2-3H3/b14-12-. The average molecular weight is 204 g/mol. The zero-order chi connectivity index (χ0) is 11.1. The van der Waals surface area contributed by atoms with E-state index in [9.17, 15) is 0 Å². The molecule has 0 aliphatic carbocycles. The highest BCUT2D eigenvalue weighted by Crippen LogP contribution is 2.03. The molecular formula is C12H16N2O. The molecule has 0 saturated heterocycles. The normalized spacial score (nSPS) is 11.5. The molecule has 0 aliphatic heterocycles. The summed E-state index contributed by atoms with van der Waals surface area (Å²) in [6.45, 7) is 8.12. The maximum Gasteiger partial charge on any atom is 0.218 e. The second-order valence-corrected chi connectivity index (χ2v) is 3.34. The first kappa shape index (κ1) is 11.4. The van der Waals surface area contributed by atoms with Gasteiger partial charge < -0.3 is 4.74 Å². The van der Waals surface area contributed by atoms with Gasteiger partial charge in [-0.1, -0.05) is 6.08 Å². The molecule has 1 aromatic heterocycles. The predicted molar refractivity (Wildman–Crippen MR) is 62.1 cm³/mol. The molecule has 0 N–H and O–H groups in total. The van der Waals surface area contributed by atoms with Crippen LogP contribution in [0.1, 0.15) is 19.4 Å². The van der Waals surface area contributed by atoms with Crippen LogP contribution in [0.5, 0.6) is 0 Å². The molecule has 1 heterocycles. The van der Waals surface area contributed by atoms with Crippen LogP contribution in [-0.2, 0) is 4.74 Å². The highest BCUT2D eigenvalue weighted by Gasteiger charge is 2.05. The number of pyridine rings is 1. The van der Waals surface area contributed by atoms with Crippen molar-refractivity contribution in [2.75, 3.05) is 6.54 Å². The second-order valence-electron chi connectivity index (χ2n) is 3.34. The lowest BCUT2D eigenvalue weighted by atomic mass is 10.3. The highest BCUT2D eigenvalue weighted by molar-refractivity contribution is 5.93. The Hall–Kier alpha value is -1.64. The van der Waals surface area contributed by atoms with Gasteiger partial charge in [0.05, 0.1) is 18.2 Å². The minimum Gasteiger partial charge on any atom is -0.475 e. The molecule has 15 heavy (non-hydrogen) atoms. The van der Waals surface area contributed by atoms with E-state index < -0.39 is 0 Å². The minimum atomic E-state index is 0.105. The van der Waals surface area contributed by atoms with Crippen LogP contribution in [-0.4, -0.2) is 23.5 Å². The molecule has 0 atom stereocenters. The summed E-state index contributed by atoms with van der Waals surface area (Å²) in [4.78, 5) is 8.32. The predicted octanol–water partition coefficient (Wildman–Crippen LogP) is 2.44. The molecule has 1 aromatic rings. The van der Waals surface area contributed by atoms with E-state index in [0.29, 0.717) is 12.4 Å². The van der Waals surface area contributed by atoms with Crippen molar-refractivity contribution in [2.45, 2.75) is 20.0 Å². The Balaban J connectivity index is 2.86. The topological polar surface area (TPSA) is 34.5 Å². The van der Waals surface area contributed by atoms with Crippen LogP contribution in [0.4, 0.5) is 0 Å². The van der Waals surface area contributed by atoms with E-state index in [1.54, 1.807) is 18.5 Å². The Kier molecular flexibility index (Phi) is 4.54. The van der Waals surface area contributed by atoms with Gasteiger partial charge in [0.25, 0.3) is 0 Å². The molecule has 0 amide bonds. The molecule has 0 saturated carbocycles. The SMILES string of the molecule is C=CC/N=C(\OC(C)C)c1cccnc1. The first-order valence-corrected chi connectivity index (χ1v) is 4.96. The van der Waals surface area contributed by atoms with Gasteiger partial charge in [0.1, 0.15) is 0 Å². The maximum atomic E-state index is 5.60. The zero-order valence-corrected chi connectivity index (χ0v) is 9.18. The molecule has 3 nitrogen and oxygen atoms in total. The minimum absolute atomic E-state index is 0.105. The first-order chi connectivity index (χ1) is 7.24. The van der Waals surface area contributed by atoms with Crippen LogP contribution < -0.4 is 0 Å². The van der Waals surface area contributed by atoms with Crippen LogP contribution in [0, 0.1) is 0 Å². The third kappa shape index (κ3) is 3.94. The van der Waals surface area contributed by atoms with Gasteiger partial charge in [-0.15, -0.1) is 6.58 Å². The molecule has 3 heteroatoms. The summed E-state index contributed by atoms with van der Waals surface area (Å²) >= 11 is 0. The van der Waals surface area contributed by atoms with Gasteiger partial charge in [-0.2, -0.15) is 0 Å². The summed E-state index contributed by atoms with van der Waals surface area (Å²) in [7, 11) is 0. The van der Waals surface area contributed by atoms with Crippen molar-refractivity contribution < 1.29 is 4.74 Å². The average Bonchev–Trinajstić information content (AvgIpc) is 2.25. The van der Waals surface area contributed by atoms with Crippen molar-refractivity contribution in [1.82, 2.24) is 4.98 Å². The van der Waals surface area contributed by atoms with E-state index >= 15 is 0 Å². The number of aromatic nitrogens is 1. The van der Waals surface area contributed by atoms with Crippen molar-refractivity contribution in [3.8, 4) is 0 Å². The van der Waals surface area contributed by atoms with Gasteiger partial charge in [0, 0.05) is 12.4 Å².